The largest absolute Gasteiger partial charge is 0.313 e. The zero-order valence-electron chi connectivity index (χ0n) is 7.28. The third kappa shape index (κ3) is 1.93. The minimum atomic E-state index is 0.202. The Labute approximate surface area is 86.3 Å². The van der Waals surface area contributed by atoms with Crippen LogP contribution in [0.3, 0.4) is 0 Å². The average molecular weight is 242 g/mol. The van der Waals surface area contributed by atoms with Crippen molar-refractivity contribution in [2.75, 3.05) is 6.54 Å². The molecule has 1 aromatic carbocycles. The quantitative estimate of drug-likeness (QED) is 0.818. The third-order valence-corrected chi connectivity index (χ3v) is 3.01. The van der Waals surface area contributed by atoms with Crippen LogP contribution in [0.4, 0.5) is 0 Å². The van der Waals surface area contributed by atoms with Crippen LogP contribution < -0.4 is 0 Å². The third-order valence-electron chi connectivity index (χ3n) is 2.48. The van der Waals surface area contributed by atoms with E-state index in [2.05, 4.69) is 28.1 Å². The molecule has 1 saturated heterocycles. The van der Waals surface area contributed by atoms with Gasteiger partial charge in [-0.2, -0.15) is 5.06 Å². The van der Waals surface area contributed by atoms with Crippen LogP contribution in [0.1, 0.15) is 24.4 Å². The van der Waals surface area contributed by atoms with Gasteiger partial charge in [-0.15, -0.1) is 0 Å². The van der Waals surface area contributed by atoms with Crippen LogP contribution in [0.2, 0.25) is 0 Å². The molecule has 3 heteroatoms. The average Bonchev–Trinajstić information content (AvgIpc) is 2.53. The summed E-state index contributed by atoms with van der Waals surface area (Å²) in [5, 5.41) is 11.0. The van der Waals surface area contributed by atoms with Crippen LogP contribution in [0.15, 0.2) is 28.7 Å². The summed E-state index contributed by atoms with van der Waals surface area (Å²) in [4.78, 5) is 0. The van der Waals surface area contributed by atoms with E-state index in [0.29, 0.717) is 0 Å². The maximum absolute atomic E-state index is 9.53. The minimum Gasteiger partial charge on any atom is -0.313 e. The van der Waals surface area contributed by atoms with Crippen LogP contribution in [-0.4, -0.2) is 16.8 Å². The van der Waals surface area contributed by atoms with E-state index >= 15 is 0 Å². The summed E-state index contributed by atoms with van der Waals surface area (Å²) in [6.45, 7) is 0.792. The second-order valence-electron chi connectivity index (χ2n) is 3.37. The standard InChI is InChI=1S/C10H12BrNO/c11-9-5-3-8(4-6-9)10-2-1-7-12(10)13/h3-6,10,13H,1-2,7H2. The second kappa shape index (κ2) is 3.78. The number of hydrogen-bond acceptors (Lipinski definition) is 2. The van der Waals surface area contributed by atoms with Gasteiger partial charge in [0.2, 0.25) is 0 Å². The fourth-order valence-corrected chi connectivity index (χ4v) is 2.04. The van der Waals surface area contributed by atoms with Gasteiger partial charge in [0.15, 0.2) is 0 Å². The molecule has 1 N–H and O–H groups in total. The predicted molar refractivity (Wildman–Crippen MR) is 54.6 cm³/mol. The van der Waals surface area contributed by atoms with E-state index < -0.39 is 0 Å². The Morgan fingerprint density at radius 3 is 2.54 bits per heavy atom. The maximum atomic E-state index is 9.53. The molecule has 0 saturated carbocycles. The number of nitrogens with zero attached hydrogens (tertiary/aromatic N) is 1. The molecular weight excluding hydrogens is 230 g/mol. The molecule has 1 atom stereocenters. The maximum Gasteiger partial charge on any atom is 0.0600 e. The molecule has 1 unspecified atom stereocenters. The lowest BCUT2D eigenvalue weighted by Gasteiger charge is -2.17. The Balaban J connectivity index is 2.20. The van der Waals surface area contributed by atoms with Crippen LogP contribution in [0.25, 0.3) is 0 Å². The summed E-state index contributed by atoms with van der Waals surface area (Å²) in [6, 6.07) is 8.35. The lowest BCUT2D eigenvalue weighted by molar-refractivity contribution is -0.104. The molecule has 0 aliphatic carbocycles. The van der Waals surface area contributed by atoms with Crippen molar-refractivity contribution < 1.29 is 5.21 Å². The SMILES string of the molecule is ON1CCCC1c1ccc(Br)cc1. The van der Waals surface area contributed by atoms with E-state index in [-0.39, 0.29) is 6.04 Å². The molecule has 1 fully saturated rings. The first kappa shape index (κ1) is 9.19. The van der Waals surface area contributed by atoms with Crippen molar-refractivity contribution in [3.8, 4) is 0 Å². The molecule has 2 nitrogen and oxygen atoms in total. The van der Waals surface area contributed by atoms with Gasteiger partial charge in [0.05, 0.1) is 6.04 Å². The van der Waals surface area contributed by atoms with E-state index in [1.807, 2.05) is 12.1 Å². The summed E-state index contributed by atoms with van der Waals surface area (Å²) >= 11 is 3.39. The normalized spacial score (nSPS) is 23.7. The van der Waals surface area contributed by atoms with E-state index in [4.69, 9.17) is 0 Å². The molecule has 1 aromatic rings. The van der Waals surface area contributed by atoms with Crippen molar-refractivity contribution in [2.24, 2.45) is 0 Å². The highest BCUT2D eigenvalue weighted by Crippen LogP contribution is 2.30. The van der Waals surface area contributed by atoms with Crippen molar-refractivity contribution in [1.29, 1.82) is 0 Å². The van der Waals surface area contributed by atoms with Crippen molar-refractivity contribution >= 4 is 15.9 Å². The van der Waals surface area contributed by atoms with Gasteiger partial charge in [0, 0.05) is 11.0 Å². The Hall–Kier alpha value is -0.380. The van der Waals surface area contributed by atoms with Gasteiger partial charge in [-0.05, 0) is 30.5 Å². The van der Waals surface area contributed by atoms with Crippen LogP contribution >= 0.6 is 15.9 Å². The van der Waals surface area contributed by atoms with Crippen LogP contribution in [-0.2, 0) is 0 Å². The minimum absolute atomic E-state index is 0.202. The second-order valence-corrected chi connectivity index (χ2v) is 4.29. The number of rotatable bonds is 1. The number of hydrogen-bond donors (Lipinski definition) is 1. The van der Waals surface area contributed by atoms with E-state index in [1.165, 1.54) is 10.6 Å². The van der Waals surface area contributed by atoms with E-state index in [9.17, 15) is 5.21 Å². The fourth-order valence-electron chi connectivity index (χ4n) is 1.78. The molecule has 0 aromatic heterocycles. The van der Waals surface area contributed by atoms with Gasteiger partial charge in [0.25, 0.3) is 0 Å². The zero-order chi connectivity index (χ0) is 9.26. The lowest BCUT2D eigenvalue weighted by atomic mass is 10.1. The van der Waals surface area contributed by atoms with Crippen molar-refractivity contribution in [3.63, 3.8) is 0 Å². The first-order valence-corrected chi connectivity index (χ1v) is 5.27. The monoisotopic (exact) mass is 241 g/mol. The summed E-state index contributed by atoms with van der Waals surface area (Å²) in [6.07, 6.45) is 2.13. The molecular formula is C10H12BrNO. The van der Waals surface area contributed by atoms with Crippen molar-refractivity contribution in [1.82, 2.24) is 5.06 Å². The number of benzene rings is 1. The zero-order valence-corrected chi connectivity index (χ0v) is 8.87. The van der Waals surface area contributed by atoms with Gasteiger partial charge in [-0.25, -0.2) is 0 Å². The summed E-state index contributed by atoms with van der Waals surface area (Å²) in [5.74, 6) is 0. The topological polar surface area (TPSA) is 23.5 Å². The molecule has 0 amide bonds. The van der Waals surface area contributed by atoms with Gasteiger partial charge in [-0.1, -0.05) is 28.1 Å². The summed E-state index contributed by atoms with van der Waals surface area (Å²) in [7, 11) is 0. The molecule has 13 heavy (non-hydrogen) atoms. The fraction of sp³-hybridized carbons (Fsp3) is 0.400. The Kier molecular flexibility index (Phi) is 2.67. The Morgan fingerprint density at radius 2 is 2.00 bits per heavy atom. The van der Waals surface area contributed by atoms with Gasteiger partial charge < -0.3 is 5.21 Å². The number of halogens is 1. The molecule has 0 bridgehead atoms. The first-order valence-electron chi connectivity index (χ1n) is 4.48. The molecule has 1 aliphatic rings. The predicted octanol–water partition coefficient (Wildman–Crippen LogP) is 2.98. The molecule has 1 aliphatic heterocycles. The summed E-state index contributed by atoms with van der Waals surface area (Å²) in [5.41, 5.74) is 1.20. The smallest absolute Gasteiger partial charge is 0.0600 e. The molecule has 70 valence electrons. The Bertz CT molecular complexity index is 285. The van der Waals surface area contributed by atoms with Crippen molar-refractivity contribution in [2.45, 2.75) is 18.9 Å². The lowest BCUT2D eigenvalue weighted by Crippen LogP contribution is -2.18. The molecule has 0 spiro atoms. The summed E-state index contributed by atoms with van der Waals surface area (Å²) < 4.78 is 1.08. The van der Waals surface area contributed by atoms with Crippen LogP contribution in [0, 0.1) is 0 Å². The van der Waals surface area contributed by atoms with E-state index in [1.54, 1.807) is 0 Å². The highest BCUT2D eigenvalue weighted by Gasteiger charge is 2.23. The highest BCUT2D eigenvalue weighted by molar-refractivity contribution is 9.10. The Morgan fingerprint density at radius 1 is 1.31 bits per heavy atom. The molecule has 0 radical (unpaired) electrons. The first-order chi connectivity index (χ1) is 6.27. The van der Waals surface area contributed by atoms with E-state index in [0.717, 1.165) is 23.9 Å². The van der Waals surface area contributed by atoms with Gasteiger partial charge in [-0.3, -0.25) is 0 Å². The molecule has 1 heterocycles. The highest BCUT2D eigenvalue weighted by atomic mass is 79.9. The van der Waals surface area contributed by atoms with Gasteiger partial charge in [0.1, 0.15) is 0 Å². The number of hydroxylamine groups is 2. The van der Waals surface area contributed by atoms with Crippen LogP contribution in [0.5, 0.6) is 0 Å². The van der Waals surface area contributed by atoms with Crippen molar-refractivity contribution in [3.05, 3.63) is 34.3 Å². The van der Waals surface area contributed by atoms with Gasteiger partial charge >= 0.3 is 0 Å². The molecule has 2 rings (SSSR count).